The number of hydrogen-bond donors (Lipinski definition) is 0. The standard InChI is InChI=1S/C18H14ClFN2O2S2/c19-12-8-11(3-4-13(12)20)14-10-22(5-6-24-14)18(23)16-9-21-17(26-16)15-2-1-7-25-15/h1-4,7-9,14H,5-6,10H2. The van der Waals surface area contributed by atoms with Gasteiger partial charge in [-0.1, -0.05) is 23.7 Å². The largest absolute Gasteiger partial charge is 0.370 e. The summed E-state index contributed by atoms with van der Waals surface area (Å²) in [5, 5.41) is 2.88. The van der Waals surface area contributed by atoms with Gasteiger partial charge in [0, 0.05) is 6.54 Å². The Morgan fingerprint density at radius 3 is 3.04 bits per heavy atom. The Kier molecular flexibility index (Phi) is 5.04. The van der Waals surface area contributed by atoms with E-state index < -0.39 is 5.82 Å². The molecule has 134 valence electrons. The van der Waals surface area contributed by atoms with Crippen LogP contribution in [0.4, 0.5) is 4.39 Å². The van der Waals surface area contributed by atoms with Crippen molar-refractivity contribution in [1.29, 1.82) is 0 Å². The third-order valence-electron chi connectivity index (χ3n) is 4.12. The molecule has 0 radical (unpaired) electrons. The first kappa shape index (κ1) is 17.6. The molecular weight excluding hydrogens is 395 g/mol. The summed E-state index contributed by atoms with van der Waals surface area (Å²) in [5.41, 5.74) is 0.762. The predicted octanol–water partition coefficient (Wildman–Crippen LogP) is 4.88. The maximum atomic E-state index is 13.4. The normalized spacial score (nSPS) is 17.5. The number of nitrogens with zero attached hydrogens (tertiary/aromatic N) is 2. The number of thiazole rings is 1. The maximum absolute atomic E-state index is 13.4. The van der Waals surface area contributed by atoms with Gasteiger partial charge in [0.1, 0.15) is 21.8 Å². The van der Waals surface area contributed by atoms with Gasteiger partial charge in [0.25, 0.3) is 5.91 Å². The quantitative estimate of drug-likeness (QED) is 0.620. The van der Waals surface area contributed by atoms with Crippen molar-refractivity contribution in [2.24, 2.45) is 0 Å². The second-order valence-electron chi connectivity index (χ2n) is 5.79. The molecule has 8 heteroatoms. The molecule has 1 unspecified atom stereocenters. The van der Waals surface area contributed by atoms with Crippen molar-refractivity contribution in [3.63, 3.8) is 0 Å². The van der Waals surface area contributed by atoms with E-state index in [4.69, 9.17) is 16.3 Å². The Morgan fingerprint density at radius 1 is 1.38 bits per heavy atom. The van der Waals surface area contributed by atoms with E-state index in [1.807, 2.05) is 17.5 Å². The summed E-state index contributed by atoms with van der Waals surface area (Å²) in [6.07, 6.45) is 1.30. The zero-order valence-electron chi connectivity index (χ0n) is 13.5. The number of thiophene rings is 1. The van der Waals surface area contributed by atoms with Gasteiger partial charge in [-0.15, -0.1) is 22.7 Å². The lowest BCUT2D eigenvalue weighted by molar-refractivity contribution is -0.0226. The van der Waals surface area contributed by atoms with Gasteiger partial charge in [-0.3, -0.25) is 4.79 Å². The number of benzene rings is 1. The van der Waals surface area contributed by atoms with E-state index in [2.05, 4.69) is 4.98 Å². The summed E-state index contributed by atoms with van der Waals surface area (Å²) < 4.78 is 19.1. The van der Waals surface area contributed by atoms with Gasteiger partial charge in [-0.2, -0.15) is 0 Å². The summed E-state index contributed by atoms with van der Waals surface area (Å²) >= 11 is 8.85. The van der Waals surface area contributed by atoms with E-state index in [1.54, 1.807) is 34.6 Å². The smallest absolute Gasteiger partial charge is 0.265 e. The van der Waals surface area contributed by atoms with Crippen LogP contribution in [0.3, 0.4) is 0 Å². The van der Waals surface area contributed by atoms with Gasteiger partial charge in [0.15, 0.2) is 0 Å². The van der Waals surface area contributed by atoms with Crippen LogP contribution in [0.15, 0.2) is 41.9 Å². The van der Waals surface area contributed by atoms with Gasteiger partial charge in [0.2, 0.25) is 0 Å². The Morgan fingerprint density at radius 2 is 2.27 bits per heavy atom. The molecule has 1 amide bonds. The molecule has 3 aromatic rings. The molecule has 4 rings (SSSR count). The summed E-state index contributed by atoms with van der Waals surface area (Å²) in [5.74, 6) is -0.531. The molecule has 3 heterocycles. The van der Waals surface area contributed by atoms with Crippen molar-refractivity contribution in [2.75, 3.05) is 19.7 Å². The highest BCUT2D eigenvalue weighted by Crippen LogP contribution is 2.31. The van der Waals surface area contributed by atoms with Crippen molar-refractivity contribution in [3.8, 4) is 9.88 Å². The lowest BCUT2D eigenvalue weighted by Crippen LogP contribution is -2.42. The fourth-order valence-electron chi connectivity index (χ4n) is 2.79. The minimum atomic E-state index is -0.468. The Labute approximate surface area is 162 Å². The SMILES string of the molecule is O=C(c1cnc(-c2cccs2)s1)N1CCOC(c2ccc(F)c(Cl)c2)C1. The molecular formula is C18H14ClFN2O2S2. The van der Waals surface area contributed by atoms with Crippen LogP contribution < -0.4 is 0 Å². The third-order valence-corrected chi connectivity index (χ3v) is 6.43. The second-order valence-corrected chi connectivity index (χ2v) is 8.18. The molecule has 1 aliphatic heterocycles. The van der Waals surface area contributed by atoms with Crippen molar-refractivity contribution < 1.29 is 13.9 Å². The Bertz CT molecular complexity index is 929. The fourth-order valence-corrected chi connectivity index (χ4v) is 4.67. The second kappa shape index (κ2) is 7.44. The van der Waals surface area contributed by atoms with Gasteiger partial charge < -0.3 is 9.64 Å². The monoisotopic (exact) mass is 408 g/mol. The Balaban J connectivity index is 1.50. The topological polar surface area (TPSA) is 42.4 Å². The molecule has 0 saturated carbocycles. The fraction of sp³-hybridized carbons (Fsp3) is 0.222. The van der Waals surface area contributed by atoms with Crippen LogP contribution in [0, 0.1) is 5.82 Å². The average Bonchev–Trinajstić information content (AvgIpc) is 3.35. The zero-order valence-corrected chi connectivity index (χ0v) is 15.9. The summed E-state index contributed by atoms with van der Waals surface area (Å²) in [7, 11) is 0. The molecule has 0 aliphatic carbocycles. The number of hydrogen-bond acceptors (Lipinski definition) is 5. The summed E-state index contributed by atoms with van der Waals surface area (Å²) in [4.78, 5) is 20.6. The van der Waals surface area contributed by atoms with E-state index in [0.717, 1.165) is 15.4 Å². The van der Waals surface area contributed by atoms with Crippen LogP contribution >= 0.6 is 34.3 Å². The molecule has 2 aromatic heterocycles. The van der Waals surface area contributed by atoms with Crippen LogP contribution in [-0.2, 0) is 4.74 Å². The molecule has 1 aromatic carbocycles. The van der Waals surface area contributed by atoms with Crippen LogP contribution in [-0.4, -0.2) is 35.5 Å². The van der Waals surface area contributed by atoms with Crippen molar-refractivity contribution in [1.82, 2.24) is 9.88 Å². The van der Waals surface area contributed by atoms with Crippen LogP contribution in [0.5, 0.6) is 0 Å². The highest BCUT2D eigenvalue weighted by molar-refractivity contribution is 7.21. The average molecular weight is 409 g/mol. The van der Waals surface area contributed by atoms with E-state index in [-0.39, 0.29) is 17.0 Å². The number of halogens is 2. The molecule has 1 atom stereocenters. The third kappa shape index (κ3) is 3.53. The molecule has 0 spiro atoms. The number of carbonyl (C=O) groups excluding carboxylic acids is 1. The van der Waals surface area contributed by atoms with E-state index in [1.165, 1.54) is 17.4 Å². The molecule has 0 bridgehead atoms. The van der Waals surface area contributed by atoms with Crippen molar-refractivity contribution in [3.05, 3.63) is 63.2 Å². The van der Waals surface area contributed by atoms with E-state index >= 15 is 0 Å². The van der Waals surface area contributed by atoms with Crippen molar-refractivity contribution >= 4 is 40.2 Å². The van der Waals surface area contributed by atoms with Crippen molar-refractivity contribution in [2.45, 2.75) is 6.10 Å². The predicted molar refractivity (Wildman–Crippen MR) is 101 cm³/mol. The number of ether oxygens (including phenoxy) is 1. The van der Waals surface area contributed by atoms with Crippen LogP contribution in [0.25, 0.3) is 9.88 Å². The number of rotatable bonds is 3. The number of carbonyl (C=O) groups is 1. The minimum absolute atomic E-state index is 0.0533. The maximum Gasteiger partial charge on any atom is 0.265 e. The summed E-state index contributed by atoms with van der Waals surface area (Å²) in [6.45, 7) is 1.32. The zero-order chi connectivity index (χ0) is 18.1. The molecule has 1 aliphatic rings. The van der Waals surface area contributed by atoms with E-state index in [0.29, 0.717) is 24.6 Å². The molecule has 26 heavy (non-hydrogen) atoms. The summed E-state index contributed by atoms with van der Waals surface area (Å²) in [6, 6.07) is 8.46. The lowest BCUT2D eigenvalue weighted by atomic mass is 10.1. The Hall–Kier alpha value is -1.80. The van der Waals surface area contributed by atoms with Crippen LogP contribution in [0.2, 0.25) is 5.02 Å². The number of amides is 1. The lowest BCUT2D eigenvalue weighted by Gasteiger charge is -2.33. The van der Waals surface area contributed by atoms with Gasteiger partial charge in [0.05, 0.1) is 29.2 Å². The molecule has 0 N–H and O–H groups in total. The molecule has 1 saturated heterocycles. The first-order valence-electron chi connectivity index (χ1n) is 7.97. The van der Waals surface area contributed by atoms with Gasteiger partial charge >= 0.3 is 0 Å². The highest BCUT2D eigenvalue weighted by Gasteiger charge is 2.27. The van der Waals surface area contributed by atoms with Gasteiger partial charge in [-0.05, 0) is 29.1 Å². The first-order valence-corrected chi connectivity index (χ1v) is 10.0. The van der Waals surface area contributed by atoms with Crippen LogP contribution in [0.1, 0.15) is 21.3 Å². The molecule has 4 nitrogen and oxygen atoms in total. The number of morpholine rings is 1. The first-order chi connectivity index (χ1) is 12.6. The van der Waals surface area contributed by atoms with Gasteiger partial charge in [-0.25, -0.2) is 9.37 Å². The minimum Gasteiger partial charge on any atom is -0.370 e. The highest BCUT2D eigenvalue weighted by atomic mass is 35.5. The molecule has 1 fully saturated rings. The van der Waals surface area contributed by atoms with E-state index in [9.17, 15) is 9.18 Å². The number of aromatic nitrogens is 1.